The molecule has 0 aliphatic carbocycles. The van der Waals surface area contributed by atoms with Crippen LogP contribution in [0.25, 0.3) is 21.8 Å². The zero-order valence-corrected chi connectivity index (χ0v) is 16.2. The molecule has 0 atom stereocenters. The maximum absolute atomic E-state index is 12.1. The van der Waals surface area contributed by atoms with Crippen LogP contribution >= 0.6 is 0 Å². The Hall–Kier alpha value is -3.45. The second-order valence-electron chi connectivity index (χ2n) is 6.92. The van der Waals surface area contributed by atoms with E-state index in [9.17, 15) is 13.2 Å². The topological polar surface area (TPSA) is 79.4 Å². The van der Waals surface area contributed by atoms with Crippen LogP contribution in [0.2, 0.25) is 0 Å². The van der Waals surface area contributed by atoms with E-state index in [0.29, 0.717) is 5.69 Å². The number of aromatic nitrogens is 1. The lowest BCUT2D eigenvalue weighted by atomic mass is 10.1. The highest BCUT2D eigenvalue weighted by atomic mass is 32.2. The van der Waals surface area contributed by atoms with Gasteiger partial charge in [0.2, 0.25) is 15.9 Å². The van der Waals surface area contributed by atoms with Gasteiger partial charge in [-0.05, 0) is 36.4 Å². The fourth-order valence-electron chi connectivity index (χ4n) is 3.67. The number of fused-ring (bicyclic) bond motifs is 2. The Morgan fingerprint density at radius 3 is 1.97 bits per heavy atom. The number of carbonyl (C=O) groups is 1. The average molecular weight is 403 g/mol. The molecule has 6 nitrogen and oxygen atoms in total. The molecule has 1 aliphatic heterocycles. The second kappa shape index (κ2) is 6.56. The summed E-state index contributed by atoms with van der Waals surface area (Å²) in [6.45, 7) is 0. The quantitative estimate of drug-likeness (QED) is 0.519. The van der Waals surface area contributed by atoms with E-state index in [1.807, 2.05) is 48.5 Å². The first-order valence-corrected chi connectivity index (χ1v) is 10.8. The molecule has 7 heteroatoms. The predicted molar refractivity (Wildman–Crippen MR) is 115 cm³/mol. The van der Waals surface area contributed by atoms with E-state index in [-0.39, 0.29) is 12.2 Å². The van der Waals surface area contributed by atoms with Gasteiger partial charge in [0.05, 0.1) is 28.2 Å². The van der Waals surface area contributed by atoms with E-state index >= 15 is 0 Å². The molecule has 29 heavy (non-hydrogen) atoms. The Bertz CT molecular complexity index is 1310. The van der Waals surface area contributed by atoms with E-state index in [2.05, 4.69) is 5.32 Å². The SMILES string of the molecule is O=C1CCS(=O)(=O)N1c1ccc(Nc2c3ccccc3nc3ccccc23)cc1. The fraction of sp³-hybridized carbons (Fsp3) is 0.0909. The molecular formula is C22H17N3O3S. The van der Waals surface area contributed by atoms with Crippen molar-refractivity contribution in [1.29, 1.82) is 0 Å². The minimum atomic E-state index is -3.56. The molecular weight excluding hydrogens is 386 g/mol. The number of pyridine rings is 1. The molecule has 0 bridgehead atoms. The summed E-state index contributed by atoms with van der Waals surface area (Å²) >= 11 is 0. The van der Waals surface area contributed by atoms with Gasteiger partial charge in [-0.3, -0.25) is 4.79 Å². The molecule has 0 radical (unpaired) electrons. The summed E-state index contributed by atoms with van der Waals surface area (Å²) in [4.78, 5) is 16.7. The van der Waals surface area contributed by atoms with Gasteiger partial charge in [0.25, 0.3) is 0 Å². The van der Waals surface area contributed by atoms with Crippen LogP contribution < -0.4 is 9.62 Å². The van der Waals surface area contributed by atoms with Crippen LogP contribution in [0, 0.1) is 0 Å². The predicted octanol–water partition coefficient (Wildman–Crippen LogP) is 4.20. The molecule has 1 N–H and O–H groups in total. The van der Waals surface area contributed by atoms with Gasteiger partial charge < -0.3 is 5.32 Å². The number of benzene rings is 3. The van der Waals surface area contributed by atoms with Crippen LogP contribution in [0.5, 0.6) is 0 Å². The van der Waals surface area contributed by atoms with Gasteiger partial charge >= 0.3 is 0 Å². The van der Waals surface area contributed by atoms with Crippen molar-refractivity contribution in [2.75, 3.05) is 15.4 Å². The van der Waals surface area contributed by atoms with Gasteiger partial charge in [-0.1, -0.05) is 36.4 Å². The summed E-state index contributed by atoms with van der Waals surface area (Å²) in [5.41, 5.74) is 3.86. The van der Waals surface area contributed by atoms with Crippen LogP contribution in [-0.4, -0.2) is 25.1 Å². The third-order valence-corrected chi connectivity index (χ3v) is 6.73. The smallest absolute Gasteiger partial charge is 0.242 e. The maximum atomic E-state index is 12.1. The van der Waals surface area contributed by atoms with Crippen molar-refractivity contribution in [2.24, 2.45) is 0 Å². The van der Waals surface area contributed by atoms with Crippen molar-refractivity contribution >= 4 is 54.8 Å². The maximum Gasteiger partial charge on any atom is 0.242 e. The third-order valence-electron chi connectivity index (χ3n) is 5.04. The first-order valence-electron chi connectivity index (χ1n) is 9.23. The Morgan fingerprint density at radius 1 is 0.828 bits per heavy atom. The summed E-state index contributed by atoms with van der Waals surface area (Å²) < 4.78 is 25.1. The number of carbonyl (C=O) groups excluding carboxylic acids is 1. The van der Waals surface area contributed by atoms with E-state index < -0.39 is 15.9 Å². The minimum absolute atomic E-state index is 0.0251. The summed E-state index contributed by atoms with van der Waals surface area (Å²) in [6.07, 6.45) is 0.0251. The van der Waals surface area contributed by atoms with E-state index in [1.54, 1.807) is 24.3 Å². The number of sulfonamides is 1. The lowest BCUT2D eigenvalue weighted by Crippen LogP contribution is -2.29. The number of hydrogen-bond donors (Lipinski definition) is 1. The number of anilines is 3. The fourth-order valence-corrected chi connectivity index (χ4v) is 5.13. The Balaban J connectivity index is 1.57. The molecule has 1 aromatic heterocycles. The molecule has 1 aliphatic rings. The molecule has 1 amide bonds. The molecule has 0 spiro atoms. The summed E-state index contributed by atoms with van der Waals surface area (Å²) in [5, 5.41) is 5.43. The molecule has 144 valence electrons. The monoisotopic (exact) mass is 403 g/mol. The molecule has 5 rings (SSSR count). The standard InChI is InChI=1S/C22H17N3O3S/c26-21-13-14-29(27,28)25(21)16-11-9-15(10-12-16)23-22-17-5-1-3-7-19(17)24-20-8-4-2-6-18(20)22/h1-12H,13-14H2,(H,23,24). The Labute approximate surface area is 167 Å². The van der Waals surface area contributed by atoms with Crippen molar-refractivity contribution in [2.45, 2.75) is 6.42 Å². The zero-order valence-electron chi connectivity index (χ0n) is 15.4. The van der Waals surface area contributed by atoms with Gasteiger partial charge in [0.1, 0.15) is 0 Å². The summed E-state index contributed by atoms with van der Waals surface area (Å²) in [7, 11) is -3.56. The van der Waals surface area contributed by atoms with Gasteiger partial charge in [0.15, 0.2) is 0 Å². The molecule has 2 heterocycles. The molecule has 1 fully saturated rings. The highest BCUT2D eigenvalue weighted by molar-refractivity contribution is 7.94. The van der Waals surface area contributed by atoms with E-state index in [1.165, 1.54) is 0 Å². The molecule has 0 saturated carbocycles. The van der Waals surface area contributed by atoms with Crippen LogP contribution in [0.1, 0.15) is 6.42 Å². The van der Waals surface area contributed by atoms with Crippen molar-refractivity contribution < 1.29 is 13.2 Å². The number of nitrogens with zero attached hydrogens (tertiary/aromatic N) is 2. The van der Waals surface area contributed by atoms with Gasteiger partial charge in [0, 0.05) is 22.9 Å². The molecule has 4 aromatic rings. The number of para-hydroxylation sites is 2. The molecule has 0 unspecified atom stereocenters. The normalized spacial score (nSPS) is 15.9. The van der Waals surface area contributed by atoms with Gasteiger partial charge in [-0.25, -0.2) is 17.7 Å². The number of amides is 1. The van der Waals surface area contributed by atoms with Crippen molar-refractivity contribution in [3.63, 3.8) is 0 Å². The van der Waals surface area contributed by atoms with Crippen LogP contribution in [0.3, 0.4) is 0 Å². The zero-order chi connectivity index (χ0) is 20.0. The lowest BCUT2D eigenvalue weighted by Gasteiger charge is -2.17. The summed E-state index contributed by atoms with van der Waals surface area (Å²) in [6, 6.07) is 22.7. The minimum Gasteiger partial charge on any atom is -0.354 e. The third kappa shape index (κ3) is 3.00. The van der Waals surface area contributed by atoms with E-state index in [0.717, 1.165) is 37.5 Å². The molecule has 1 saturated heterocycles. The largest absolute Gasteiger partial charge is 0.354 e. The number of nitrogens with one attached hydrogen (secondary N) is 1. The highest BCUT2D eigenvalue weighted by Crippen LogP contribution is 2.34. The first kappa shape index (κ1) is 17.6. The van der Waals surface area contributed by atoms with Crippen molar-refractivity contribution in [3.8, 4) is 0 Å². The molecule has 3 aromatic carbocycles. The van der Waals surface area contributed by atoms with Gasteiger partial charge in [-0.15, -0.1) is 0 Å². The second-order valence-corrected chi connectivity index (χ2v) is 8.85. The number of rotatable bonds is 3. The van der Waals surface area contributed by atoms with Crippen LogP contribution in [0.15, 0.2) is 72.8 Å². The Kier molecular flexibility index (Phi) is 3.99. The first-order chi connectivity index (χ1) is 14.0. The van der Waals surface area contributed by atoms with Crippen LogP contribution in [0.4, 0.5) is 17.1 Å². The van der Waals surface area contributed by atoms with Crippen molar-refractivity contribution in [1.82, 2.24) is 4.98 Å². The highest BCUT2D eigenvalue weighted by Gasteiger charge is 2.36. The van der Waals surface area contributed by atoms with Gasteiger partial charge in [-0.2, -0.15) is 0 Å². The van der Waals surface area contributed by atoms with Crippen LogP contribution in [-0.2, 0) is 14.8 Å². The Morgan fingerprint density at radius 2 is 1.41 bits per heavy atom. The van der Waals surface area contributed by atoms with E-state index in [4.69, 9.17) is 4.98 Å². The summed E-state index contributed by atoms with van der Waals surface area (Å²) in [5.74, 6) is -0.530. The lowest BCUT2D eigenvalue weighted by molar-refractivity contribution is -0.116. The van der Waals surface area contributed by atoms with Crippen molar-refractivity contribution in [3.05, 3.63) is 72.8 Å². The number of hydrogen-bond acceptors (Lipinski definition) is 5. The average Bonchev–Trinajstić information content (AvgIpc) is 3.01.